The maximum atomic E-state index is 12.8. The standard InChI is InChI=1S/C22H25N3O4/c1-2-6-21(26)24-17-8-5-12-25(14-17)22(27)20-11-10-18(29-20)15-28-19-9-4-3-7-16(19)13-23/h3-4,7,9-11,17H,2,5-6,8,12,14-15H2,1H3,(H,24,26). The summed E-state index contributed by atoms with van der Waals surface area (Å²) in [6.45, 7) is 3.21. The molecule has 0 radical (unpaired) electrons. The summed E-state index contributed by atoms with van der Waals surface area (Å²) in [6, 6.07) is 12.3. The third-order valence-electron chi connectivity index (χ3n) is 4.80. The summed E-state index contributed by atoms with van der Waals surface area (Å²) in [5.74, 6) is 1.06. The number of piperidine rings is 1. The quantitative estimate of drug-likeness (QED) is 0.776. The van der Waals surface area contributed by atoms with Crippen molar-refractivity contribution in [2.45, 2.75) is 45.3 Å². The zero-order valence-electron chi connectivity index (χ0n) is 16.5. The zero-order valence-corrected chi connectivity index (χ0v) is 16.5. The molecule has 1 atom stereocenters. The van der Waals surface area contributed by atoms with Crippen molar-refractivity contribution in [1.29, 1.82) is 5.26 Å². The van der Waals surface area contributed by atoms with Crippen molar-refractivity contribution in [2.24, 2.45) is 0 Å². The number of benzene rings is 1. The van der Waals surface area contributed by atoms with Gasteiger partial charge in [0.05, 0.1) is 5.56 Å². The summed E-state index contributed by atoms with van der Waals surface area (Å²) in [5, 5.41) is 12.1. The minimum Gasteiger partial charge on any atom is -0.484 e. The van der Waals surface area contributed by atoms with Crippen LogP contribution in [0.15, 0.2) is 40.8 Å². The molecule has 1 aromatic heterocycles. The molecule has 3 rings (SSSR count). The number of nitrogens with one attached hydrogen (secondary N) is 1. The highest BCUT2D eigenvalue weighted by molar-refractivity contribution is 5.91. The summed E-state index contributed by atoms with van der Waals surface area (Å²) >= 11 is 0. The number of amides is 2. The molecule has 1 aliphatic heterocycles. The van der Waals surface area contributed by atoms with Gasteiger partial charge < -0.3 is 19.4 Å². The fourth-order valence-electron chi connectivity index (χ4n) is 3.37. The zero-order chi connectivity index (χ0) is 20.6. The van der Waals surface area contributed by atoms with E-state index in [1.165, 1.54) is 0 Å². The fraction of sp³-hybridized carbons (Fsp3) is 0.409. The molecule has 2 aromatic rings. The van der Waals surface area contributed by atoms with Crippen molar-refractivity contribution in [3.05, 3.63) is 53.5 Å². The lowest BCUT2D eigenvalue weighted by molar-refractivity contribution is -0.122. The smallest absolute Gasteiger partial charge is 0.289 e. The van der Waals surface area contributed by atoms with E-state index >= 15 is 0 Å². The molecule has 7 heteroatoms. The van der Waals surface area contributed by atoms with Gasteiger partial charge in [-0.15, -0.1) is 0 Å². The second-order valence-electron chi connectivity index (χ2n) is 7.07. The molecule has 0 spiro atoms. The fourth-order valence-corrected chi connectivity index (χ4v) is 3.37. The summed E-state index contributed by atoms with van der Waals surface area (Å²) in [7, 11) is 0. The molecule has 1 aliphatic rings. The second-order valence-corrected chi connectivity index (χ2v) is 7.07. The van der Waals surface area contributed by atoms with Crippen LogP contribution in [0.4, 0.5) is 0 Å². The Kier molecular flexibility index (Phi) is 6.90. The monoisotopic (exact) mass is 395 g/mol. The normalized spacial score (nSPS) is 16.1. The highest BCUT2D eigenvalue weighted by Gasteiger charge is 2.27. The van der Waals surface area contributed by atoms with Crippen LogP contribution in [0, 0.1) is 11.3 Å². The summed E-state index contributed by atoms with van der Waals surface area (Å²) in [6.07, 6.45) is 3.01. The number of hydrogen-bond donors (Lipinski definition) is 1. The van der Waals surface area contributed by atoms with E-state index < -0.39 is 0 Å². The lowest BCUT2D eigenvalue weighted by Gasteiger charge is -2.32. The summed E-state index contributed by atoms with van der Waals surface area (Å²) in [4.78, 5) is 26.3. The number of furan rings is 1. The maximum Gasteiger partial charge on any atom is 0.289 e. The molecule has 7 nitrogen and oxygen atoms in total. The van der Waals surface area contributed by atoms with Crippen molar-refractivity contribution >= 4 is 11.8 Å². The largest absolute Gasteiger partial charge is 0.484 e. The Morgan fingerprint density at radius 2 is 2.14 bits per heavy atom. The Morgan fingerprint density at radius 3 is 2.93 bits per heavy atom. The van der Waals surface area contributed by atoms with E-state index in [1.54, 1.807) is 41.3 Å². The Bertz CT molecular complexity index is 899. The van der Waals surface area contributed by atoms with Crippen LogP contribution in [-0.2, 0) is 11.4 Å². The number of carbonyl (C=O) groups is 2. The van der Waals surface area contributed by atoms with Gasteiger partial charge in [0.25, 0.3) is 5.91 Å². The second kappa shape index (κ2) is 9.78. The molecular formula is C22H25N3O4. The van der Waals surface area contributed by atoms with Gasteiger partial charge in [-0.25, -0.2) is 0 Å². The first-order valence-corrected chi connectivity index (χ1v) is 9.90. The third kappa shape index (κ3) is 5.38. The van der Waals surface area contributed by atoms with Gasteiger partial charge >= 0.3 is 0 Å². The molecule has 152 valence electrons. The summed E-state index contributed by atoms with van der Waals surface area (Å²) in [5.41, 5.74) is 0.444. The van der Waals surface area contributed by atoms with Gasteiger partial charge in [0.15, 0.2) is 5.76 Å². The number of ether oxygens (including phenoxy) is 1. The minimum atomic E-state index is -0.192. The molecule has 1 saturated heterocycles. The Hall–Kier alpha value is -3.27. The van der Waals surface area contributed by atoms with Gasteiger partial charge in [0.2, 0.25) is 5.91 Å². The van der Waals surface area contributed by atoms with Crippen molar-refractivity contribution in [1.82, 2.24) is 10.2 Å². The van der Waals surface area contributed by atoms with Crippen LogP contribution < -0.4 is 10.1 Å². The molecule has 0 bridgehead atoms. The van der Waals surface area contributed by atoms with E-state index in [0.29, 0.717) is 36.6 Å². The van der Waals surface area contributed by atoms with Gasteiger partial charge in [-0.05, 0) is 43.5 Å². The predicted octanol–water partition coefficient (Wildman–Crippen LogP) is 3.25. The minimum absolute atomic E-state index is 0.0213. The molecular weight excluding hydrogens is 370 g/mol. The van der Waals surface area contributed by atoms with Crippen LogP contribution >= 0.6 is 0 Å². The van der Waals surface area contributed by atoms with E-state index in [-0.39, 0.29) is 30.2 Å². The van der Waals surface area contributed by atoms with Crippen molar-refractivity contribution in [3.63, 3.8) is 0 Å². The van der Waals surface area contributed by atoms with Gasteiger partial charge in [0, 0.05) is 25.6 Å². The van der Waals surface area contributed by atoms with Gasteiger partial charge in [-0.2, -0.15) is 5.26 Å². The molecule has 0 aliphatic carbocycles. The molecule has 1 fully saturated rings. The molecule has 2 amide bonds. The first-order valence-electron chi connectivity index (χ1n) is 9.90. The SMILES string of the molecule is CCCC(=O)NC1CCCN(C(=O)c2ccc(COc3ccccc3C#N)o2)C1. The Morgan fingerprint density at radius 1 is 1.31 bits per heavy atom. The molecule has 0 saturated carbocycles. The first-order chi connectivity index (χ1) is 14.1. The molecule has 2 heterocycles. The van der Waals surface area contributed by atoms with E-state index in [0.717, 1.165) is 19.3 Å². The summed E-state index contributed by atoms with van der Waals surface area (Å²) < 4.78 is 11.3. The van der Waals surface area contributed by atoms with Crippen LogP contribution in [0.5, 0.6) is 5.75 Å². The molecule has 1 N–H and O–H groups in total. The Balaban J connectivity index is 1.57. The van der Waals surface area contributed by atoms with Crippen LogP contribution in [0.25, 0.3) is 0 Å². The van der Waals surface area contributed by atoms with Crippen LogP contribution in [0.3, 0.4) is 0 Å². The number of rotatable bonds is 7. The lowest BCUT2D eigenvalue weighted by atomic mass is 10.0. The van der Waals surface area contributed by atoms with E-state index in [1.807, 2.05) is 6.92 Å². The number of nitriles is 1. The number of hydrogen-bond acceptors (Lipinski definition) is 5. The van der Waals surface area contributed by atoms with Gasteiger partial charge in [0.1, 0.15) is 24.2 Å². The maximum absolute atomic E-state index is 12.8. The average molecular weight is 395 g/mol. The molecule has 1 aromatic carbocycles. The topological polar surface area (TPSA) is 95.6 Å². The van der Waals surface area contributed by atoms with Crippen LogP contribution in [-0.4, -0.2) is 35.8 Å². The van der Waals surface area contributed by atoms with E-state index in [4.69, 9.17) is 14.4 Å². The van der Waals surface area contributed by atoms with Crippen molar-refractivity contribution in [3.8, 4) is 11.8 Å². The van der Waals surface area contributed by atoms with E-state index in [9.17, 15) is 9.59 Å². The highest BCUT2D eigenvalue weighted by Crippen LogP contribution is 2.20. The highest BCUT2D eigenvalue weighted by atomic mass is 16.5. The van der Waals surface area contributed by atoms with Crippen LogP contribution in [0.2, 0.25) is 0 Å². The lowest BCUT2D eigenvalue weighted by Crippen LogP contribution is -2.49. The predicted molar refractivity (Wildman–Crippen MR) is 106 cm³/mol. The average Bonchev–Trinajstić information content (AvgIpc) is 3.21. The van der Waals surface area contributed by atoms with Gasteiger partial charge in [-0.3, -0.25) is 9.59 Å². The van der Waals surface area contributed by atoms with Crippen LogP contribution in [0.1, 0.15) is 54.5 Å². The number of carbonyl (C=O) groups excluding carboxylic acids is 2. The third-order valence-corrected chi connectivity index (χ3v) is 4.80. The van der Waals surface area contributed by atoms with E-state index in [2.05, 4.69) is 11.4 Å². The molecule has 29 heavy (non-hydrogen) atoms. The first kappa shape index (κ1) is 20.5. The number of nitrogens with zero attached hydrogens (tertiary/aromatic N) is 2. The molecule has 1 unspecified atom stereocenters. The van der Waals surface area contributed by atoms with Gasteiger partial charge in [-0.1, -0.05) is 19.1 Å². The Labute approximate surface area is 170 Å². The number of likely N-dealkylation sites (tertiary alicyclic amines) is 1. The number of para-hydroxylation sites is 1. The van der Waals surface area contributed by atoms with Crippen molar-refractivity contribution in [2.75, 3.05) is 13.1 Å². The van der Waals surface area contributed by atoms with Crippen molar-refractivity contribution < 1.29 is 18.7 Å².